The number of halogens is 2. The van der Waals surface area contributed by atoms with Crippen LogP contribution in [-0.2, 0) is 0 Å². The number of thiophene rings is 1. The SMILES string of the molecule is OC(c1ccc(Cl)cc1)c1cc(-c2ccnc(Cl)c2)sc1-c1nnc[nH]1. The zero-order chi connectivity index (χ0) is 18.1. The van der Waals surface area contributed by atoms with Crippen molar-refractivity contribution in [1.29, 1.82) is 0 Å². The summed E-state index contributed by atoms with van der Waals surface area (Å²) in [7, 11) is 0. The molecule has 1 unspecified atom stereocenters. The van der Waals surface area contributed by atoms with E-state index in [0.29, 0.717) is 16.0 Å². The highest BCUT2D eigenvalue weighted by molar-refractivity contribution is 7.19. The highest BCUT2D eigenvalue weighted by atomic mass is 35.5. The van der Waals surface area contributed by atoms with E-state index in [1.807, 2.05) is 12.1 Å². The zero-order valence-electron chi connectivity index (χ0n) is 13.2. The number of pyridine rings is 1. The van der Waals surface area contributed by atoms with E-state index in [9.17, 15) is 5.11 Å². The van der Waals surface area contributed by atoms with Gasteiger partial charge in [-0.1, -0.05) is 35.3 Å². The molecule has 3 heterocycles. The van der Waals surface area contributed by atoms with Gasteiger partial charge in [0.25, 0.3) is 0 Å². The summed E-state index contributed by atoms with van der Waals surface area (Å²) in [6, 6.07) is 12.7. The summed E-state index contributed by atoms with van der Waals surface area (Å²) < 4.78 is 0. The highest BCUT2D eigenvalue weighted by Gasteiger charge is 2.22. The molecule has 0 amide bonds. The van der Waals surface area contributed by atoms with E-state index in [0.717, 1.165) is 26.4 Å². The summed E-state index contributed by atoms with van der Waals surface area (Å²) in [4.78, 5) is 8.78. The molecule has 0 spiro atoms. The number of hydrogen-bond acceptors (Lipinski definition) is 5. The fourth-order valence-corrected chi connectivity index (χ4v) is 4.07. The first kappa shape index (κ1) is 17.2. The van der Waals surface area contributed by atoms with Gasteiger partial charge in [0.15, 0.2) is 5.82 Å². The Labute approximate surface area is 163 Å². The number of rotatable bonds is 4. The fourth-order valence-electron chi connectivity index (χ4n) is 2.63. The number of H-pyrrole nitrogens is 1. The molecule has 0 fully saturated rings. The molecule has 8 heteroatoms. The van der Waals surface area contributed by atoms with E-state index in [1.165, 1.54) is 17.7 Å². The molecule has 0 saturated heterocycles. The van der Waals surface area contributed by atoms with Crippen molar-refractivity contribution in [3.63, 3.8) is 0 Å². The summed E-state index contributed by atoms with van der Waals surface area (Å²) in [6.07, 6.45) is 2.34. The number of hydrogen-bond donors (Lipinski definition) is 2. The predicted octanol–water partition coefficient (Wildman–Crippen LogP) is 4.98. The average molecular weight is 403 g/mol. The Bertz CT molecular complexity index is 1030. The second-order valence-corrected chi connectivity index (χ2v) is 7.43. The molecule has 1 aromatic carbocycles. The van der Waals surface area contributed by atoms with Crippen LogP contribution in [0.4, 0.5) is 0 Å². The molecule has 5 nitrogen and oxygen atoms in total. The van der Waals surface area contributed by atoms with Crippen molar-refractivity contribution in [2.45, 2.75) is 6.10 Å². The van der Waals surface area contributed by atoms with Crippen molar-refractivity contribution in [3.05, 3.63) is 76.3 Å². The summed E-state index contributed by atoms with van der Waals surface area (Å²) in [5, 5.41) is 19.9. The molecule has 3 aromatic heterocycles. The Morgan fingerprint density at radius 2 is 1.88 bits per heavy atom. The van der Waals surface area contributed by atoms with E-state index in [2.05, 4.69) is 20.2 Å². The van der Waals surface area contributed by atoms with Gasteiger partial charge in [0.05, 0.1) is 4.88 Å². The molecule has 0 saturated carbocycles. The zero-order valence-corrected chi connectivity index (χ0v) is 15.6. The van der Waals surface area contributed by atoms with Gasteiger partial charge in [0.2, 0.25) is 0 Å². The van der Waals surface area contributed by atoms with Gasteiger partial charge in [-0.25, -0.2) is 4.98 Å². The van der Waals surface area contributed by atoms with Gasteiger partial charge in [-0.05, 0) is 41.5 Å². The normalized spacial score (nSPS) is 12.3. The number of aliphatic hydroxyl groups is 1. The first-order chi connectivity index (χ1) is 12.6. The Hall–Kier alpha value is -2.25. The van der Waals surface area contributed by atoms with Crippen LogP contribution >= 0.6 is 34.5 Å². The van der Waals surface area contributed by atoms with Gasteiger partial charge >= 0.3 is 0 Å². The summed E-state index contributed by atoms with van der Waals surface area (Å²) in [6.45, 7) is 0. The Balaban J connectivity index is 1.83. The monoisotopic (exact) mass is 402 g/mol. The number of aromatic nitrogens is 4. The molecule has 0 aliphatic carbocycles. The predicted molar refractivity (Wildman–Crippen MR) is 103 cm³/mol. The van der Waals surface area contributed by atoms with Gasteiger partial charge < -0.3 is 10.1 Å². The fraction of sp³-hybridized carbons (Fsp3) is 0.0556. The van der Waals surface area contributed by atoms with Crippen LogP contribution in [0.5, 0.6) is 0 Å². The lowest BCUT2D eigenvalue weighted by atomic mass is 10.0. The second-order valence-electron chi connectivity index (χ2n) is 5.55. The average Bonchev–Trinajstić information content (AvgIpc) is 3.31. The van der Waals surface area contributed by atoms with E-state index >= 15 is 0 Å². The van der Waals surface area contributed by atoms with Gasteiger partial charge in [-0.15, -0.1) is 21.5 Å². The number of benzene rings is 1. The summed E-state index contributed by atoms with van der Waals surface area (Å²) in [5.41, 5.74) is 2.40. The Kier molecular flexibility index (Phi) is 4.74. The Morgan fingerprint density at radius 3 is 2.58 bits per heavy atom. The minimum Gasteiger partial charge on any atom is -0.384 e. The van der Waals surface area contributed by atoms with E-state index < -0.39 is 6.10 Å². The van der Waals surface area contributed by atoms with Gasteiger partial charge in [-0.3, -0.25) is 0 Å². The van der Waals surface area contributed by atoms with Crippen molar-refractivity contribution in [1.82, 2.24) is 20.2 Å². The van der Waals surface area contributed by atoms with Crippen molar-refractivity contribution < 1.29 is 5.11 Å². The van der Waals surface area contributed by atoms with Crippen LogP contribution in [0.1, 0.15) is 17.2 Å². The standard InChI is InChI=1S/C18H12Cl2N4OS/c19-12-3-1-10(2-4-12)16(25)13-8-14(11-5-6-21-15(20)7-11)26-17(13)18-22-9-23-24-18/h1-9,16,25H,(H,22,23,24). The van der Waals surface area contributed by atoms with E-state index in [-0.39, 0.29) is 0 Å². The third kappa shape index (κ3) is 3.37. The maximum Gasteiger partial charge on any atom is 0.171 e. The third-order valence-electron chi connectivity index (χ3n) is 3.88. The second kappa shape index (κ2) is 7.17. The highest BCUT2D eigenvalue weighted by Crippen LogP contribution is 2.41. The smallest absolute Gasteiger partial charge is 0.171 e. The molecule has 0 aliphatic heterocycles. The quantitative estimate of drug-likeness (QED) is 0.471. The third-order valence-corrected chi connectivity index (χ3v) is 5.55. The molecule has 4 rings (SSSR count). The van der Waals surface area contributed by atoms with Crippen LogP contribution in [-0.4, -0.2) is 25.3 Å². The number of aliphatic hydroxyl groups excluding tert-OH is 1. The van der Waals surface area contributed by atoms with Crippen LogP contribution in [0.2, 0.25) is 10.2 Å². The van der Waals surface area contributed by atoms with Crippen LogP contribution < -0.4 is 0 Å². The van der Waals surface area contributed by atoms with Crippen molar-refractivity contribution in [3.8, 4) is 21.1 Å². The number of nitrogens with one attached hydrogen (secondary N) is 1. The Morgan fingerprint density at radius 1 is 1.08 bits per heavy atom. The molecule has 2 N–H and O–H groups in total. The lowest BCUT2D eigenvalue weighted by Gasteiger charge is -2.11. The van der Waals surface area contributed by atoms with Crippen molar-refractivity contribution >= 4 is 34.5 Å². The van der Waals surface area contributed by atoms with Gasteiger partial charge in [-0.2, -0.15) is 0 Å². The number of aromatic amines is 1. The maximum absolute atomic E-state index is 10.9. The lowest BCUT2D eigenvalue weighted by molar-refractivity contribution is 0.221. The first-order valence-electron chi connectivity index (χ1n) is 7.67. The maximum atomic E-state index is 10.9. The lowest BCUT2D eigenvalue weighted by Crippen LogP contribution is -2.00. The van der Waals surface area contributed by atoms with Crippen LogP contribution in [0.3, 0.4) is 0 Å². The van der Waals surface area contributed by atoms with Crippen molar-refractivity contribution in [2.75, 3.05) is 0 Å². The molecule has 0 radical (unpaired) electrons. The topological polar surface area (TPSA) is 74.7 Å². The van der Waals surface area contributed by atoms with E-state index in [4.69, 9.17) is 23.2 Å². The molecule has 4 aromatic rings. The molecule has 130 valence electrons. The molecule has 0 bridgehead atoms. The van der Waals surface area contributed by atoms with Crippen LogP contribution in [0.15, 0.2) is 55.0 Å². The largest absolute Gasteiger partial charge is 0.384 e. The minimum atomic E-state index is -0.824. The van der Waals surface area contributed by atoms with Crippen LogP contribution in [0.25, 0.3) is 21.1 Å². The van der Waals surface area contributed by atoms with Crippen LogP contribution in [0, 0.1) is 0 Å². The van der Waals surface area contributed by atoms with Gasteiger partial charge in [0, 0.05) is 21.7 Å². The molecule has 0 aliphatic rings. The molecular weight excluding hydrogens is 391 g/mol. The van der Waals surface area contributed by atoms with Crippen molar-refractivity contribution in [2.24, 2.45) is 0 Å². The molecule has 26 heavy (non-hydrogen) atoms. The molecule has 1 atom stereocenters. The van der Waals surface area contributed by atoms with E-state index in [1.54, 1.807) is 36.5 Å². The molecular formula is C18H12Cl2N4OS. The number of nitrogens with zero attached hydrogens (tertiary/aromatic N) is 3. The summed E-state index contributed by atoms with van der Waals surface area (Å²) >= 11 is 13.5. The minimum absolute atomic E-state index is 0.414. The first-order valence-corrected chi connectivity index (χ1v) is 9.24. The van der Waals surface area contributed by atoms with Gasteiger partial charge in [0.1, 0.15) is 17.6 Å². The summed E-state index contributed by atoms with van der Waals surface area (Å²) in [5.74, 6) is 0.601.